The lowest BCUT2D eigenvalue weighted by molar-refractivity contribution is -0.120. The Morgan fingerprint density at radius 1 is 1.44 bits per heavy atom. The van der Waals surface area contributed by atoms with Crippen molar-refractivity contribution in [3.63, 3.8) is 0 Å². The van der Waals surface area contributed by atoms with Crippen molar-refractivity contribution in [2.24, 2.45) is 5.92 Å². The SMILES string of the molecule is CCCCC(CC)C(=O)Nc1ccc(O)c(F)c1. The van der Waals surface area contributed by atoms with Crippen molar-refractivity contribution in [3.8, 4) is 5.75 Å². The summed E-state index contributed by atoms with van der Waals surface area (Å²) in [6.45, 7) is 4.05. The number of carbonyl (C=O) groups excluding carboxylic acids is 1. The zero-order valence-corrected chi connectivity index (χ0v) is 10.9. The molecule has 0 heterocycles. The Balaban J connectivity index is 2.64. The van der Waals surface area contributed by atoms with Crippen LogP contribution in [0.1, 0.15) is 39.5 Å². The first kappa shape index (κ1) is 14.5. The highest BCUT2D eigenvalue weighted by atomic mass is 19.1. The van der Waals surface area contributed by atoms with Crippen LogP contribution >= 0.6 is 0 Å². The van der Waals surface area contributed by atoms with Crippen molar-refractivity contribution in [2.45, 2.75) is 39.5 Å². The molecular formula is C14H20FNO2. The highest BCUT2D eigenvalue weighted by molar-refractivity contribution is 5.92. The van der Waals surface area contributed by atoms with Crippen LogP contribution < -0.4 is 5.32 Å². The maximum absolute atomic E-state index is 13.1. The standard InChI is InChI=1S/C14H20FNO2/c1-3-5-6-10(4-2)14(18)16-11-7-8-13(17)12(15)9-11/h7-10,17H,3-6H2,1-2H3,(H,16,18). The van der Waals surface area contributed by atoms with Crippen molar-refractivity contribution in [1.82, 2.24) is 0 Å². The Kier molecular flexibility index (Phi) is 5.62. The van der Waals surface area contributed by atoms with Gasteiger partial charge in [-0.3, -0.25) is 4.79 Å². The molecule has 0 aliphatic heterocycles. The fraction of sp³-hybridized carbons (Fsp3) is 0.500. The summed E-state index contributed by atoms with van der Waals surface area (Å²) in [7, 11) is 0. The van der Waals surface area contributed by atoms with Crippen LogP contribution in [0.15, 0.2) is 18.2 Å². The molecule has 4 heteroatoms. The number of unbranched alkanes of at least 4 members (excludes halogenated alkanes) is 1. The van der Waals surface area contributed by atoms with Gasteiger partial charge in [0.1, 0.15) is 0 Å². The summed E-state index contributed by atoms with van der Waals surface area (Å²) in [6, 6.07) is 3.85. The van der Waals surface area contributed by atoms with Gasteiger partial charge in [0.2, 0.25) is 5.91 Å². The number of benzene rings is 1. The summed E-state index contributed by atoms with van der Waals surface area (Å²) in [4.78, 5) is 11.9. The molecule has 3 nitrogen and oxygen atoms in total. The minimum absolute atomic E-state index is 0.0400. The van der Waals surface area contributed by atoms with Gasteiger partial charge >= 0.3 is 0 Å². The lowest BCUT2D eigenvalue weighted by Gasteiger charge is -2.14. The van der Waals surface area contributed by atoms with E-state index in [0.29, 0.717) is 5.69 Å². The van der Waals surface area contributed by atoms with Crippen LogP contribution in [-0.4, -0.2) is 11.0 Å². The fourth-order valence-electron chi connectivity index (χ4n) is 1.80. The quantitative estimate of drug-likeness (QED) is 0.760. The number of rotatable bonds is 6. The van der Waals surface area contributed by atoms with Crippen LogP contribution in [0.3, 0.4) is 0 Å². The monoisotopic (exact) mass is 253 g/mol. The zero-order chi connectivity index (χ0) is 13.5. The minimum atomic E-state index is -0.727. The van der Waals surface area contributed by atoms with Gasteiger partial charge in [-0.25, -0.2) is 4.39 Å². The van der Waals surface area contributed by atoms with Crippen LogP contribution in [0.5, 0.6) is 5.75 Å². The average Bonchev–Trinajstić information content (AvgIpc) is 2.35. The second kappa shape index (κ2) is 6.99. The highest BCUT2D eigenvalue weighted by Crippen LogP contribution is 2.21. The van der Waals surface area contributed by atoms with Crippen molar-refractivity contribution in [3.05, 3.63) is 24.0 Å². The molecule has 1 aromatic rings. The lowest BCUT2D eigenvalue weighted by atomic mass is 9.98. The number of nitrogens with one attached hydrogen (secondary N) is 1. The van der Waals surface area contributed by atoms with Crippen molar-refractivity contribution in [1.29, 1.82) is 0 Å². The number of anilines is 1. The minimum Gasteiger partial charge on any atom is -0.505 e. The van der Waals surface area contributed by atoms with Crippen LogP contribution in [-0.2, 0) is 4.79 Å². The number of phenolic OH excluding ortho intramolecular Hbond substituents is 1. The summed E-state index contributed by atoms with van der Waals surface area (Å²) in [5, 5.41) is 11.7. The van der Waals surface area contributed by atoms with E-state index in [1.54, 1.807) is 0 Å². The van der Waals surface area contributed by atoms with Crippen LogP contribution in [0.4, 0.5) is 10.1 Å². The number of amides is 1. The smallest absolute Gasteiger partial charge is 0.227 e. The molecule has 0 radical (unpaired) electrons. The summed E-state index contributed by atoms with van der Waals surface area (Å²) in [5.74, 6) is -1.27. The van der Waals surface area contributed by atoms with E-state index < -0.39 is 11.6 Å². The summed E-state index contributed by atoms with van der Waals surface area (Å²) < 4.78 is 13.1. The third-order valence-corrected chi connectivity index (χ3v) is 2.98. The van der Waals surface area contributed by atoms with Gasteiger partial charge in [-0.1, -0.05) is 26.7 Å². The van der Waals surface area contributed by atoms with Crippen molar-refractivity contribution >= 4 is 11.6 Å². The first-order valence-corrected chi connectivity index (χ1v) is 6.37. The number of aromatic hydroxyl groups is 1. The Labute approximate surface area is 107 Å². The number of phenols is 1. The van der Waals surface area contributed by atoms with E-state index in [1.165, 1.54) is 12.1 Å². The molecule has 0 bridgehead atoms. The Hall–Kier alpha value is -1.58. The number of carbonyl (C=O) groups is 1. The molecule has 1 atom stereocenters. The van der Waals surface area contributed by atoms with Crippen LogP contribution in [0.25, 0.3) is 0 Å². The van der Waals surface area contributed by atoms with Gasteiger partial charge in [0.05, 0.1) is 0 Å². The zero-order valence-electron chi connectivity index (χ0n) is 10.9. The third-order valence-electron chi connectivity index (χ3n) is 2.98. The molecule has 1 amide bonds. The van der Waals surface area contributed by atoms with Gasteiger partial charge in [-0.05, 0) is 25.0 Å². The molecule has 100 valence electrons. The molecule has 0 saturated heterocycles. The third kappa shape index (κ3) is 4.02. The number of hydrogen-bond donors (Lipinski definition) is 2. The first-order chi connectivity index (χ1) is 8.58. The van der Waals surface area contributed by atoms with Gasteiger partial charge in [0.25, 0.3) is 0 Å². The fourth-order valence-corrected chi connectivity index (χ4v) is 1.80. The second-order valence-electron chi connectivity index (χ2n) is 4.40. The van der Waals surface area contributed by atoms with Crippen molar-refractivity contribution in [2.75, 3.05) is 5.32 Å². The second-order valence-corrected chi connectivity index (χ2v) is 4.40. The average molecular weight is 253 g/mol. The maximum atomic E-state index is 13.1. The van der Waals surface area contributed by atoms with E-state index in [4.69, 9.17) is 5.11 Å². The number of hydrogen-bond acceptors (Lipinski definition) is 2. The van der Waals surface area contributed by atoms with E-state index in [2.05, 4.69) is 12.2 Å². The van der Waals surface area contributed by atoms with Gasteiger partial charge in [-0.15, -0.1) is 0 Å². The Morgan fingerprint density at radius 2 is 2.17 bits per heavy atom. The van der Waals surface area contributed by atoms with Gasteiger partial charge < -0.3 is 10.4 Å². The molecule has 0 aliphatic carbocycles. The van der Waals surface area contributed by atoms with Gasteiger partial charge in [0, 0.05) is 17.7 Å². The van der Waals surface area contributed by atoms with E-state index >= 15 is 0 Å². The Bertz CT molecular complexity index is 407. The van der Waals surface area contributed by atoms with Crippen LogP contribution in [0, 0.1) is 11.7 Å². The predicted molar refractivity (Wildman–Crippen MR) is 70.0 cm³/mol. The van der Waals surface area contributed by atoms with E-state index in [9.17, 15) is 9.18 Å². The molecule has 0 aromatic heterocycles. The maximum Gasteiger partial charge on any atom is 0.227 e. The van der Waals surface area contributed by atoms with Crippen LogP contribution in [0.2, 0.25) is 0 Å². The molecular weight excluding hydrogens is 233 g/mol. The van der Waals surface area contributed by atoms with E-state index in [0.717, 1.165) is 31.7 Å². The molecule has 2 N–H and O–H groups in total. The highest BCUT2D eigenvalue weighted by Gasteiger charge is 2.16. The first-order valence-electron chi connectivity index (χ1n) is 6.37. The molecule has 0 aliphatic rings. The van der Waals surface area contributed by atoms with Gasteiger partial charge in [0.15, 0.2) is 11.6 Å². The largest absolute Gasteiger partial charge is 0.505 e. The van der Waals surface area contributed by atoms with Crippen molar-refractivity contribution < 1.29 is 14.3 Å². The molecule has 1 aromatic carbocycles. The van der Waals surface area contributed by atoms with E-state index in [1.807, 2.05) is 6.92 Å². The molecule has 0 fully saturated rings. The molecule has 18 heavy (non-hydrogen) atoms. The normalized spacial score (nSPS) is 12.2. The summed E-state index contributed by atoms with van der Waals surface area (Å²) in [6.07, 6.45) is 3.68. The number of halogens is 1. The predicted octanol–water partition coefficient (Wildman–Crippen LogP) is 3.69. The van der Waals surface area contributed by atoms with E-state index in [-0.39, 0.29) is 11.8 Å². The lowest BCUT2D eigenvalue weighted by Crippen LogP contribution is -2.22. The molecule has 1 unspecified atom stereocenters. The molecule has 0 spiro atoms. The topological polar surface area (TPSA) is 49.3 Å². The van der Waals surface area contributed by atoms with Gasteiger partial charge in [-0.2, -0.15) is 0 Å². The Morgan fingerprint density at radius 3 is 2.72 bits per heavy atom. The summed E-state index contributed by atoms with van der Waals surface area (Å²) in [5.41, 5.74) is 0.380. The molecule has 1 rings (SSSR count). The molecule has 0 saturated carbocycles. The summed E-state index contributed by atoms with van der Waals surface area (Å²) >= 11 is 0.